The second-order valence-corrected chi connectivity index (χ2v) is 4.53. The van der Waals surface area contributed by atoms with E-state index >= 15 is 0 Å². The van der Waals surface area contributed by atoms with Gasteiger partial charge in [0.05, 0.1) is 10.5 Å². The van der Waals surface area contributed by atoms with Gasteiger partial charge in [-0.3, -0.25) is 14.9 Å². The largest absolute Gasteiger partial charge is 0.502 e. The first kappa shape index (κ1) is 12.3. The lowest BCUT2D eigenvalue weighted by molar-refractivity contribution is -0.385. The lowest BCUT2D eigenvalue weighted by Gasteiger charge is -2.13. The summed E-state index contributed by atoms with van der Waals surface area (Å²) >= 11 is 0. The summed E-state index contributed by atoms with van der Waals surface area (Å²) in [6.07, 6.45) is 2.17. The fraction of sp³-hybridized carbons (Fsp3) is 0.417. The summed E-state index contributed by atoms with van der Waals surface area (Å²) in [4.78, 5) is 21.8. The van der Waals surface area contributed by atoms with Gasteiger partial charge >= 0.3 is 5.69 Å². The Balaban J connectivity index is 2.19. The molecule has 1 saturated carbocycles. The van der Waals surface area contributed by atoms with Crippen LogP contribution < -0.4 is 5.32 Å². The van der Waals surface area contributed by atoms with Crippen molar-refractivity contribution in [2.75, 3.05) is 0 Å². The highest BCUT2D eigenvalue weighted by Crippen LogP contribution is 2.33. The molecule has 1 atom stereocenters. The first-order valence-corrected chi connectivity index (χ1v) is 5.78. The lowest BCUT2D eigenvalue weighted by Crippen LogP contribution is -2.34. The summed E-state index contributed by atoms with van der Waals surface area (Å²) in [6, 6.07) is 3.94. The minimum absolute atomic E-state index is 0.0242. The second-order valence-electron chi connectivity index (χ2n) is 4.53. The number of aromatic hydroxyl groups is 1. The summed E-state index contributed by atoms with van der Waals surface area (Å²) in [7, 11) is 0. The van der Waals surface area contributed by atoms with Crippen molar-refractivity contribution in [3.63, 3.8) is 0 Å². The smallest absolute Gasteiger partial charge is 0.311 e. The molecule has 18 heavy (non-hydrogen) atoms. The average molecular weight is 250 g/mol. The fourth-order valence-electron chi connectivity index (χ4n) is 1.86. The van der Waals surface area contributed by atoms with Gasteiger partial charge < -0.3 is 10.4 Å². The summed E-state index contributed by atoms with van der Waals surface area (Å²) in [5.41, 5.74) is -0.515. The molecular weight excluding hydrogens is 236 g/mol. The third kappa shape index (κ3) is 2.42. The molecular formula is C12H14N2O4. The number of phenolic OH excluding ortho intramolecular Hbond substituents is 1. The molecule has 1 aromatic rings. The van der Waals surface area contributed by atoms with Gasteiger partial charge in [0, 0.05) is 12.1 Å². The molecule has 2 rings (SSSR count). The van der Waals surface area contributed by atoms with Gasteiger partial charge in [-0.15, -0.1) is 0 Å². The minimum Gasteiger partial charge on any atom is -0.502 e. The highest BCUT2D eigenvalue weighted by Gasteiger charge is 2.30. The summed E-state index contributed by atoms with van der Waals surface area (Å²) in [5, 5.41) is 23.1. The van der Waals surface area contributed by atoms with E-state index in [9.17, 15) is 20.0 Å². The van der Waals surface area contributed by atoms with Crippen LogP contribution in [0, 0.1) is 16.0 Å². The zero-order chi connectivity index (χ0) is 13.3. The zero-order valence-corrected chi connectivity index (χ0v) is 9.92. The Labute approximate surface area is 104 Å². The highest BCUT2D eigenvalue weighted by molar-refractivity contribution is 5.98. The van der Waals surface area contributed by atoms with Gasteiger partial charge in [0.2, 0.25) is 5.75 Å². The molecule has 0 radical (unpaired) electrons. The number of hydrogen-bond donors (Lipinski definition) is 2. The molecule has 1 aliphatic carbocycles. The predicted molar refractivity (Wildman–Crippen MR) is 64.4 cm³/mol. The molecule has 1 unspecified atom stereocenters. The molecule has 0 heterocycles. The van der Waals surface area contributed by atoms with E-state index in [-0.39, 0.29) is 11.6 Å². The Hall–Kier alpha value is -2.11. The number of rotatable bonds is 4. The van der Waals surface area contributed by atoms with E-state index in [1.807, 2.05) is 6.92 Å². The van der Waals surface area contributed by atoms with Crippen molar-refractivity contribution in [3.05, 3.63) is 33.9 Å². The number of nitro groups is 1. The van der Waals surface area contributed by atoms with Crippen molar-refractivity contribution < 1.29 is 14.8 Å². The number of hydrogen-bond acceptors (Lipinski definition) is 4. The Kier molecular flexibility index (Phi) is 3.18. The Morgan fingerprint density at radius 3 is 2.78 bits per heavy atom. The fourth-order valence-corrected chi connectivity index (χ4v) is 1.86. The van der Waals surface area contributed by atoms with Gasteiger partial charge in [-0.05, 0) is 31.7 Å². The number of nitrogens with zero attached hydrogens (tertiary/aromatic N) is 1. The van der Waals surface area contributed by atoms with E-state index in [1.165, 1.54) is 12.1 Å². The number of phenols is 1. The van der Waals surface area contributed by atoms with Crippen LogP contribution in [-0.4, -0.2) is 22.0 Å². The normalized spacial score (nSPS) is 16.1. The van der Waals surface area contributed by atoms with E-state index in [0.717, 1.165) is 18.9 Å². The Morgan fingerprint density at radius 2 is 2.22 bits per heavy atom. The molecule has 96 valence electrons. The van der Waals surface area contributed by atoms with Crippen molar-refractivity contribution in [1.29, 1.82) is 0 Å². The third-order valence-electron chi connectivity index (χ3n) is 3.14. The first-order chi connectivity index (χ1) is 8.50. The van der Waals surface area contributed by atoms with Gasteiger partial charge in [0.15, 0.2) is 0 Å². The zero-order valence-electron chi connectivity index (χ0n) is 9.92. The monoisotopic (exact) mass is 250 g/mol. The number of carbonyl (C=O) groups is 1. The molecule has 0 aliphatic heterocycles. The van der Waals surface area contributed by atoms with Crippen LogP contribution in [0.15, 0.2) is 18.2 Å². The van der Waals surface area contributed by atoms with Gasteiger partial charge in [-0.1, -0.05) is 6.07 Å². The number of carbonyl (C=O) groups excluding carboxylic acids is 1. The molecule has 0 spiro atoms. The Morgan fingerprint density at radius 1 is 1.56 bits per heavy atom. The van der Waals surface area contributed by atoms with Crippen molar-refractivity contribution in [2.24, 2.45) is 5.92 Å². The van der Waals surface area contributed by atoms with Crippen LogP contribution in [0.5, 0.6) is 5.75 Å². The maximum absolute atomic E-state index is 11.9. The first-order valence-electron chi connectivity index (χ1n) is 5.78. The lowest BCUT2D eigenvalue weighted by atomic mass is 10.1. The molecule has 6 heteroatoms. The number of nitrogens with one attached hydrogen (secondary N) is 1. The number of benzene rings is 1. The van der Waals surface area contributed by atoms with Gasteiger partial charge in [0.25, 0.3) is 5.91 Å². The molecule has 1 amide bonds. The van der Waals surface area contributed by atoms with Crippen LogP contribution in [-0.2, 0) is 0 Å². The maximum atomic E-state index is 11.9. The molecule has 0 aromatic heterocycles. The molecule has 0 bridgehead atoms. The van der Waals surface area contributed by atoms with Crippen molar-refractivity contribution in [3.8, 4) is 5.75 Å². The number of para-hydroxylation sites is 1. The summed E-state index contributed by atoms with van der Waals surface area (Å²) in [6.45, 7) is 1.89. The van der Waals surface area contributed by atoms with Crippen LogP contribution in [0.2, 0.25) is 0 Å². The molecule has 6 nitrogen and oxygen atoms in total. The van der Waals surface area contributed by atoms with Crippen LogP contribution in [0.3, 0.4) is 0 Å². The van der Waals surface area contributed by atoms with Crippen molar-refractivity contribution >= 4 is 11.6 Å². The predicted octanol–water partition coefficient (Wildman–Crippen LogP) is 1.83. The molecule has 1 aromatic carbocycles. The Bertz CT molecular complexity index is 497. The van der Waals surface area contributed by atoms with Gasteiger partial charge in [0.1, 0.15) is 0 Å². The number of amides is 1. The van der Waals surface area contributed by atoms with Crippen LogP contribution in [0.4, 0.5) is 5.69 Å². The van der Waals surface area contributed by atoms with E-state index in [4.69, 9.17) is 0 Å². The minimum atomic E-state index is -0.712. The SMILES string of the molecule is CC(NC(=O)c1cccc([N+](=O)[O-])c1O)C1CC1. The summed E-state index contributed by atoms with van der Waals surface area (Å²) in [5.74, 6) is -0.576. The quantitative estimate of drug-likeness (QED) is 0.629. The maximum Gasteiger partial charge on any atom is 0.311 e. The third-order valence-corrected chi connectivity index (χ3v) is 3.14. The topological polar surface area (TPSA) is 92.5 Å². The number of nitro benzene ring substituents is 1. The van der Waals surface area contributed by atoms with E-state index in [0.29, 0.717) is 5.92 Å². The van der Waals surface area contributed by atoms with Gasteiger partial charge in [-0.2, -0.15) is 0 Å². The highest BCUT2D eigenvalue weighted by atomic mass is 16.6. The molecule has 1 fully saturated rings. The van der Waals surface area contributed by atoms with Crippen molar-refractivity contribution in [2.45, 2.75) is 25.8 Å². The molecule has 2 N–H and O–H groups in total. The van der Waals surface area contributed by atoms with Crippen LogP contribution in [0.1, 0.15) is 30.1 Å². The molecule has 1 aliphatic rings. The van der Waals surface area contributed by atoms with Gasteiger partial charge in [-0.25, -0.2) is 0 Å². The second kappa shape index (κ2) is 4.64. The van der Waals surface area contributed by atoms with Crippen molar-refractivity contribution in [1.82, 2.24) is 5.32 Å². The standard InChI is InChI=1S/C12H14N2O4/c1-7(8-5-6-8)13-12(16)9-3-2-4-10(11(9)15)14(17)18/h2-4,7-8,15H,5-6H2,1H3,(H,13,16). The van der Waals surface area contributed by atoms with Crippen LogP contribution in [0.25, 0.3) is 0 Å². The van der Waals surface area contributed by atoms with E-state index in [2.05, 4.69) is 5.32 Å². The molecule has 0 saturated heterocycles. The van der Waals surface area contributed by atoms with E-state index in [1.54, 1.807) is 0 Å². The average Bonchev–Trinajstić information content (AvgIpc) is 3.12. The van der Waals surface area contributed by atoms with E-state index < -0.39 is 22.3 Å². The summed E-state index contributed by atoms with van der Waals surface area (Å²) < 4.78 is 0. The van der Waals surface area contributed by atoms with Crippen LogP contribution >= 0.6 is 0 Å².